The van der Waals surface area contributed by atoms with E-state index in [1.165, 1.54) is 6.20 Å². The van der Waals surface area contributed by atoms with Gasteiger partial charge in [0.25, 0.3) is 5.91 Å². The molecule has 0 saturated carbocycles. The van der Waals surface area contributed by atoms with Crippen LogP contribution in [0.25, 0.3) is 33.5 Å². The predicted octanol–water partition coefficient (Wildman–Crippen LogP) is 1.92. The van der Waals surface area contributed by atoms with Crippen molar-refractivity contribution in [1.82, 2.24) is 24.7 Å². The second-order valence-corrected chi connectivity index (χ2v) is 5.51. The zero-order valence-corrected chi connectivity index (χ0v) is 12.7. The summed E-state index contributed by atoms with van der Waals surface area (Å²) in [6.45, 7) is 2.04. The van der Waals surface area contributed by atoms with Gasteiger partial charge in [0, 0.05) is 18.6 Å². The van der Waals surface area contributed by atoms with Gasteiger partial charge in [0.1, 0.15) is 16.9 Å². The van der Waals surface area contributed by atoms with Crippen LogP contribution >= 0.6 is 0 Å². The number of carbonyl (C=O) groups is 1. The SMILES string of the molecule is Cc1ccc2c(-c3cnc4[nH]cc(C(N)=O)c4n3)nn(C)c2c1. The van der Waals surface area contributed by atoms with E-state index in [1.54, 1.807) is 6.20 Å². The summed E-state index contributed by atoms with van der Waals surface area (Å²) in [4.78, 5) is 23.3. The second-order valence-electron chi connectivity index (χ2n) is 5.51. The summed E-state index contributed by atoms with van der Waals surface area (Å²) in [5, 5.41) is 5.54. The second kappa shape index (κ2) is 4.64. The molecule has 23 heavy (non-hydrogen) atoms. The number of H-pyrrole nitrogens is 1. The summed E-state index contributed by atoms with van der Waals surface area (Å²) in [5.41, 5.74) is 10.2. The first-order valence-electron chi connectivity index (χ1n) is 7.12. The maximum atomic E-state index is 11.5. The third-order valence-corrected chi connectivity index (χ3v) is 3.90. The van der Waals surface area contributed by atoms with Crippen LogP contribution in [0.1, 0.15) is 15.9 Å². The van der Waals surface area contributed by atoms with E-state index in [0.29, 0.717) is 22.4 Å². The maximum absolute atomic E-state index is 11.5. The fourth-order valence-corrected chi connectivity index (χ4v) is 2.75. The molecule has 3 N–H and O–H groups in total. The van der Waals surface area contributed by atoms with Gasteiger partial charge in [-0.25, -0.2) is 9.97 Å². The third-order valence-electron chi connectivity index (χ3n) is 3.90. The van der Waals surface area contributed by atoms with Gasteiger partial charge in [-0.1, -0.05) is 12.1 Å². The molecule has 0 unspecified atom stereocenters. The Balaban J connectivity index is 1.99. The van der Waals surface area contributed by atoms with E-state index in [1.807, 2.05) is 30.8 Å². The minimum Gasteiger partial charge on any atom is -0.365 e. The molecule has 3 heterocycles. The minimum atomic E-state index is -0.538. The summed E-state index contributed by atoms with van der Waals surface area (Å²) in [5.74, 6) is -0.538. The number of aromatic nitrogens is 5. The van der Waals surface area contributed by atoms with Crippen LogP contribution in [0.5, 0.6) is 0 Å². The molecule has 0 aliphatic carbocycles. The number of rotatable bonds is 2. The van der Waals surface area contributed by atoms with E-state index >= 15 is 0 Å². The van der Waals surface area contributed by atoms with Crippen molar-refractivity contribution in [2.24, 2.45) is 12.8 Å². The van der Waals surface area contributed by atoms with Gasteiger partial charge < -0.3 is 10.7 Å². The first-order valence-corrected chi connectivity index (χ1v) is 7.12. The molecular weight excluding hydrogens is 292 g/mol. The molecule has 0 aliphatic rings. The van der Waals surface area contributed by atoms with Gasteiger partial charge in [0.15, 0.2) is 5.65 Å². The Morgan fingerprint density at radius 1 is 1.35 bits per heavy atom. The molecule has 0 radical (unpaired) electrons. The Labute approximate surface area is 131 Å². The number of nitrogens with two attached hydrogens (primary N) is 1. The standard InChI is InChI=1S/C16H14N6O/c1-8-3-4-9-12(5-8)22(2)21-13(9)11-7-19-16-14(20-11)10(6-18-16)15(17)23/h3-7H,1-2H3,(H2,17,23)(H,18,19). The highest BCUT2D eigenvalue weighted by atomic mass is 16.1. The lowest BCUT2D eigenvalue weighted by atomic mass is 10.1. The minimum absolute atomic E-state index is 0.324. The van der Waals surface area contributed by atoms with Crippen molar-refractivity contribution < 1.29 is 4.79 Å². The average Bonchev–Trinajstić information content (AvgIpc) is 3.08. The molecule has 0 aliphatic heterocycles. The quantitative estimate of drug-likeness (QED) is 0.590. The van der Waals surface area contributed by atoms with Crippen molar-refractivity contribution in [3.05, 3.63) is 41.7 Å². The third kappa shape index (κ3) is 1.97. The van der Waals surface area contributed by atoms with E-state index in [2.05, 4.69) is 26.1 Å². The Bertz CT molecular complexity index is 1080. The van der Waals surface area contributed by atoms with Gasteiger partial charge in [-0.2, -0.15) is 5.10 Å². The zero-order valence-electron chi connectivity index (χ0n) is 12.7. The number of nitrogens with zero attached hydrogens (tertiary/aromatic N) is 4. The van der Waals surface area contributed by atoms with Gasteiger partial charge in [0.2, 0.25) is 0 Å². The summed E-state index contributed by atoms with van der Waals surface area (Å²) < 4.78 is 1.82. The fraction of sp³-hybridized carbons (Fsp3) is 0.125. The van der Waals surface area contributed by atoms with Crippen molar-refractivity contribution in [2.75, 3.05) is 0 Å². The molecule has 1 amide bonds. The highest BCUT2D eigenvalue weighted by Gasteiger charge is 2.16. The average molecular weight is 306 g/mol. The van der Waals surface area contributed by atoms with E-state index < -0.39 is 5.91 Å². The fourth-order valence-electron chi connectivity index (χ4n) is 2.75. The number of hydrogen-bond acceptors (Lipinski definition) is 4. The van der Waals surface area contributed by atoms with Crippen molar-refractivity contribution >= 4 is 28.0 Å². The first-order chi connectivity index (χ1) is 11.0. The van der Waals surface area contributed by atoms with Gasteiger partial charge in [-0.05, 0) is 18.6 Å². The number of aryl methyl sites for hydroxylation is 2. The summed E-state index contributed by atoms with van der Waals surface area (Å²) in [7, 11) is 1.89. The number of primary amides is 1. The number of fused-ring (bicyclic) bond motifs is 2. The Kier molecular flexibility index (Phi) is 2.71. The number of carbonyl (C=O) groups excluding carboxylic acids is 1. The Morgan fingerprint density at radius 3 is 2.96 bits per heavy atom. The van der Waals surface area contributed by atoms with Crippen molar-refractivity contribution in [1.29, 1.82) is 0 Å². The van der Waals surface area contributed by atoms with E-state index in [4.69, 9.17) is 5.73 Å². The molecule has 114 valence electrons. The molecule has 0 saturated heterocycles. The Hall–Kier alpha value is -3.22. The Morgan fingerprint density at radius 2 is 2.17 bits per heavy atom. The summed E-state index contributed by atoms with van der Waals surface area (Å²) in [6.07, 6.45) is 3.17. The van der Waals surface area contributed by atoms with Crippen LogP contribution in [0.3, 0.4) is 0 Å². The normalized spacial score (nSPS) is 11.4. The molecular formula is C16H14N6O. The monoisotopic (exact) mass is 306 g/mol. The molecule has 3 aromatic heterocycles. The van der Waals surface area contributed by atoms with E-state index in [-0.39, 0.29) is 0 Å². The molecule has 0 fully saturated rings. The first kappa shape index (κ1) is 13.4. The molecule has 4 rings (SSSR count). The number of benzene rings is 1. The van der Waals surface area contributed by atoms with Gasteiger partial charge in [-0.3, -0.25) is 9.48 Å². The highest BCUT2D eigenvalue weighted by molar-refractivity contribution is 6.04. The van der Waals surface area contributed by atoms with Crippen LogP contribution in [-0.2, 0) is 7.05 Å². The van der Waals surface area contributed by atoms with Crippen molar-refractivity contribution in [2.45, 2.75) is 6.92 Å². The van der Waals surface area contributed by atoms with Crippen LogP contribution in [0.4, 0.5) is 0 Å². The highest BCUT2D eigenvalue weighted by Crippen LogP contribution is 2.28. The van der Waals surface area contributed by atoms with E-state index in [0.717, 1.165) is 22.2 Å². The maximum Gasteiger partial charge on any atom is 0.252 e. The largest absolute Gasteiger partial charge is 0.365 e. The van der Waals surface area contributed by atoms with Gasteiger partial charge >= 0.3 is 0 Å². The lowest BCUT2D eigenvalue weighted by Gasteiger charge is -1.99. The van der Waals surface area contributed by atoms with Gasteiger partial charge in [0.05, 0.1) is 17.3 Å². The van der Waals surface area contributed by atoms with E-state index in [9.17, 15) is 4.79 Å². The predicted molar refractivity (Wildman–Crippen MR) is 86.9 cm³/mol. The molecule has 0 bridgehead atoms. The molecule has 0 spiro atoms. The number of amides is 1. The van der Waals surface area contributed by atoms with Crippen LogP contribution in [0, 0.1) is 6.92 Å². The van der Waals surface area contributed by atoms with Crippen LogP contribution in [0.15, 0.2) is 30.6 Å². The number of nitrogens with one attached hydrogen (secondary N) is 1. The lowest BCUT2D eigenvalue weighted by Crippen LogP contribution is -2.10. The molecule has 1 aromatic carbocycles. The van der Waals surface area contributed by atoms with Crippen LogP contribution in [0.2, 0.25) is 0 Å². The van der Waals surface area contributed by atoms with Crippen LogP contribution in [-0.4, -0.2) is 30.6 Å². The van der Waals surface area contributed by atoms with Crippen molar-refractivity contribution in [3.63, 3.8) is 0 Å². The summed E-state index contributed by atoms with van der Waals surface area (Å²) in [6, 6.07) is 6.12. The van der Waals surface area contributed by atoms with Crippen LogP contribution < -0.4 is 5.73 Å². The molecule has 4 aromatic rings. The molecule has 0 atom stereocenters. The zero-order chi connectivity index (χ0) is 16.1. The van der Waals surface area contributed by atoms with Crippen molar-refractivity contribution in [3.8, 4) is 11.4 Å². The molecule has 7 nitrogen and oxygen atoms in total. The lowest BCUT2D eigenvalue weighted by molar-refractivity contribution is 0.100. The number of aromatic amines is 1. The van der Waals surface area contributed by atoms with Gasteiger partial charge in [-0.15, -0.1) is 0 Å². The number of hydrogen-bond donors (Lipinski definition) is 2. The summed E-state index contributed by atoms with van der Waals surface area (Å²) >= 11 is 0. The smallest absolute Gasteiger partial charge is 0.252 e. The topological polar surface area (TPSA) is 102 Å². The molecule has 7 heteroatoms.